The number of rotatable bonds is 3. The molecule has 0 saturated heterocycles. The summed E-state index contributed by atoms with van der Waals surface area (Å²) in [6, 6.07) is 9.27. The summed E-state index contributed by atoms with van der Waals surface area (Å²) in [4.78, 5) is 0. The van der Waals surface area contributed by atoms with Crippen LogP contribution in [0.4, 0.5) is 0 Å². The van der Waals surface area contributed by atoms with E-state index in [4.69, 9.17) is 21.3 Å². The van der Waals surface area contributed by atoms with Gasteiger partial charge in [-0.3, -0.25) is 0 Å². The van der Waals surface area contributed by atoms with Crippen LogP contribution in [-0.2, 0) is 4.43 Å². The zero-order valence-corrected chi connectivity index (χ0v) is 11.8. The third kappa shape index (κ3) is 4.66. The summed E-state index contributed by atoms with van der Waals surface area (Å²) >= 11 is 5.99. The Morgan fingerprint density at radius 3 is 2.31 bits per heavy atom. The van der Waals surface area contributed by atoms with Crippen LogP contribution in [0.3, 0.4) is 0 Å². The van der Waals surface area contributed by atoms with Gasteiger partial charge >= 0.3 is 18.9 Å². The van der Waals surface area contributed by atoms with Crippen molar-refractivity contribution in [3.63, 3.8) is 0 Å². The summed E-state index contributed by atoms with van der Waals surface area (Å²) in [5, 5.41) is 9.57. The monoisotopic (exact) mass is 245 g/mol. The third-order valence-corrected chi connectivity index (χ3v) is 2.77. The van der Waals surface area contributed by atoms with Gasteiger partial charge in [0.05, 0.1) is 6.07 Å². The van der Waals surface area contributed by atoms with E-state index < -0.39 is 8.32 Å². The molecule has 0 radical (unpaired) electrons. The molecule has 5 heteroatoms. The van der Waals surface area contributed by atoms with Gasteiger partial charge in [0.2, 0.25) is 0 Å². The van der Waals surface area contributed by atoms with Gasteiger partial charge in [0.1, 0.15) is 0 Å². The molecule has 1 aromatic rings. The van der Waals surface area contributed by atoms with Gasteiger partial charge in [-0.05, 0) is 19.6 Å². The molecule has 1 aromatic carbocycles. The molecular weight excluding hydrogens is 233 g/mol. The van der Waals surface area contributed by atoms with Gasteiger partial charge in [0, 0.05) is 6.10 Å². The molecule has 0 spiro atoms. The molecule has 0 bridgehead atoms. The maximum Gasteiger partial charge on any atom is 1.00 e. The van der Waals surface area contributed by atoms with Crippen LogP contribution in [0.15, 0.2) is 24.3 Å². The van der Waals surface area contributed by atoms with Gasteiger partial charge in [-0.15, -0.1) is 17.7 Å². The maximum atomic E-state index is 9.02. The van der Waals surface area contributed by atoms with Gasteiger partial charge in [-0.2, -0.15) is 17.7 Å². The predicted octanol–water partition coefficient (Wildman–Crippen LogP) is 0.599. The van der Waals surface area contributed by atoms with Crippen LogP contribution in [0, 0.1) is 17.4 Å². The summed E-state index contributed by atoms with van der Waals surface area (Å²) in [6.07, 6.45) is 0.319. The largest absolute Gasteiger partial charge is 1.00 e. The van der Waals surface area contributed by atoms with E-state index in [0.29, 0.717) is 16.7 Å². The summed E-state index contributed by atoms with van der Waals surface area (Å²) in [5.41, 5.74) is 0.670. The van der Waals surface area contributed by atoms with Crippen molar-refractivity contribution in [3.8, 4) is 6.07 Å². The molecule has 0 aliphatic carbocycles. The van der Waals surface area contributed by atoms with Crippen molar-refractivity contribution in [2.45, 2.75) is 19.6 Å². The Labute approximate surface area is 115 Å². The van der Waals surface area contributed by atoms with Crippen LogP contribution in [0.25, 0.3) is 0 Å². The van der Waals surface area contributed by atoms with Crippen molar-refractivity contribution >= 4 is 19.9 Å². The Balaban J connectivity index is 0.00000225. The van der Waals surface area contributed by atoms with Crippen molar-refractivity contribution in [3.05, 3.63) is 41.0 Å². The SMILES string of the molecule is C[Si](C)(C)O[C-](C#N)c1ccccc1Cl.[Li+]. The Morgan fingerprint density at radius 2 is 1.88 bits per heavy atom. The molecule has 0 unspecified atom stereocenters. The van der Waals surface area contributed by atoms with Crippen molar-refractivity contribution in [2.75, 3.05) is 0 Å². The molecule has 0 aliphatic heterocycles. The van der Waals surface area contributed by atoms with E-state index in [-0.39, 0.29) is 18.9 Å². The smallest absolute Gasteiger partial charge is 0.436 e. The van der Waals surface area contributed by atoms with Gasteiger partial charge in [-0.25, -0.2) is 5.26 Å². The second-order valence-electron chi connectivity index (χ2n) is 4.14. The minimum absolute atomic E-state index is 0. The Kier molecular flexibility index (Phi) is 6.25. The molecule has 16 heavy (non-hydrogen) atoms. The standard InChI is InChI=1S/C11H13ClNOSi.Li/c1-15(2,3)14-11(8-13)9-6-4-5-7-10(9)12;/h4-7H,1-3H3;/q-1;+1. The first-order valence-corrected chi connectivity index (χ1v) is 8.43. The minimum atomic E-state index is -1.77. The number of benzene rings is 1. The molecule has 0 N–H and O–H groups in total. The van der Waals surface area contributed by atoms with Crippen molar-refractivity contribution < 1.29 is 23.3 Å². The molecule has 0 aliphatic rings. The molecule has 0 fully saturated rings. The molecule has 0 atom stereocenters. The zero-order chi connectivity index (χ0) is 11.5. The average Bonchev–Trinajstić information content (AvgIpc) is 2.14. The Bertz CT molecular complexity index is 386. The van der Waals surface area contributed by atoms with Gasteiger partial charge < -0.3 is 4.43 Å². The first-order valence-electron chi connectivity index (χ1n) is 4.65. The Hall–Kier alpha value is -0.356. The molecule has 2 nitrogen and oxygen atoms in total. The summed E-state index contributed by atoms with van der Waals surface area (Å²) in [6.45, 7) is 6.09. The number of hydrogen-bond donors (Lipinski definition) is 0. The number of nitrogens with zero attached hydrogens (tertiary/aromatic N) is 1. The van der Waals surface area contributed by atoms with Crippen LogP contribution >= 0.6 is 11.6 Å². The van der Waals surface area contributed by atoms with E-state index in [2.05, 4.69) is 6.07 Å². The molecule has 0 aromatic heterocycles. The quantitative estimate of drug-likeness (QED) is 0.577. The van der Waals surface area contributed by atoms with E-state index in [0.717, 1.165) is 0 Å². The fourth-order valence-corrected chi connectivity index (χ4v) is 2.08. The maximum absolute atomic E-state index is 9.02. The van der Waals surface area contributed by atoms with Crippen molar-refractivity contribution in [2.24, 2.45) is 0 Å². The van der Waals surface area contributed by atoms with Crippen molar-refractivity contribution in [1.82, 2.24) is 0 Å². The molecule has 0 amide bonds. The molecule has 0 heterocycles. The van der Waals surface area contributed by atoms with E-state index >= 15 is 0 Å². The summed E-state index contributed by atoms with van der Waals surface area (Å²) in [5.74, 6) is 0. The molecule has 1 rings (SSSR count). The van der Waals surface area contributed by atoms with Crippen molar-refractivity contribution in [1.29, 1.82) is 5.26 Å². The van der Waals surface area contributed by atoms with E-state index in [1.165, 1.54) is 0 Å². The normalized spacial score (nSPS) is 10.2. The average molecular weight is 246 g/mol. The van der Waals surface area contributed by atoms with Crippen LogP contribution in [0.1, 0.15) is 5.56 Å². The molecular formula is C11H13ClLiNOSi. The van der Waals surface area contributed by atoms with E-state index in [1.54, 1.807) is 12.1 Å². The number of hydrogen-bond acceptors (Lipinski definition) is 2. The fourth-order valence-electron chi connectivity index (χ4n) is 1.09. The number of halogens is 1. The second kappa shape index (κ2) is 6.40. The van der Waals surface area contributed by atoms with Gasteiger partial charge in [0.15, 0.2) is 8.32 Å². The van der Waals surface area contributed by atoms with Crippen LogP contribution in [-0.4, -0.2) is 8.32 Å². The predicted molar refractivity (Wildman–Crippen MR) is 63.8 cm³/mol. The summed E-state index contributed by atoms with van der Waals surface area (Å²) in [7, 11) is -1.77. The van der Waals surface area contributed by atoms with Crippen LogP contribution in [0.2, 0.25) is 24.7 Å². The number of nitriles is 1. The van der Waals surface area contributed by atoms with Crippen LogP contribution < -0.4 is 18.9 Å². The van der Waals surface area contributed by atoms with E-state index in [9.17, 15) is 0 Å². The first-order chi connectivity index (χ1) is 6.94. The molecule has 0 saturated carbocycles. The summed E-state index contributed by atoms with van der Waals surface area (Å²) < 4.78 is 5.66. The zero-order valence-electron chi connectivity index (χ0n) is 10.0. The minimum Gasteiger partial charge on any atom is -0.436 e. The first kappa shape index (κ1) is 15.6. The van der Waals surface area contributed by atoms with E-state index in [1.807, 2.05) is 31.8 Å². The van der Waals surface area contributed by atoms with Gasteiger partial charge in [-0.1, -0.05) is 11.1 Å². The fraction of sp³-hybridized carbons (Fsp3) is 0.273. The topological polar surface area (TPSA) is 33.0 Å². The van der Waals surface area contributed by atoms with Crippen LogP contribution in [0.5, 0.6) is 0 Å². The Morgan fingerprint density at radius 1 is 1.31 bits per heavy atom. The van der Waals surface area contributed by atoms with Gasteiger partial charge in [0.25, 0.3) is 0 Å². The third-order valence-electron chi connectivity index (χ3n) is 1.63. The second-order valence-corrected chi connectivity index (χ2v) is 8.97. The molecule has 80 valence electrons.